The van der Waals surface area contributed by atoms with Crippen molar-refractivity contribution in [3.05, 3.63) is 77.1 Å². The molecule has 0 saturated heterocycles. The molecule has 1 saturated carbocycles. The molecule has 2 amide bonds. The number of sulfonamides is 1. The van der Waals surface area contributed by atoms with Gasteiger partial charge in [0.05, 0.1) is 10.8 Å². The third-order valence-corrected chi connectivity index (χ3v) is 9.55. The minimum Gasteiger partial charge on any atom is -0.369 e. The van der Waals surface area contributed by atoms with Crippen molar-refractivity contribution < 1.29 is 18.0 Å². The third kappa shape index (κ3) is 5.02. The van der Waals surface area contributed by atoms with Crippen molar-refractivity contribution >= 4 is 21.8 Å². The molecule has 8 nitrogen and oxygen atoms in total. The summed E-state index contributed by atoms with van der Waals surface area (Å²) >= 11 is 0. The third-order valence-electron chi connectivity index (χ3n) is 7.78. The Bertz CT molecular complexity index is 1330. The first-order valence-corrected chi connectivity index (χ1v) is 14.4. The van der Waals surface area contributed by atoms with E-state index in [2.05, 4.69) is 29.7 Å². The lowest BCUT2D eigenvalue weighted by Gasteiger charge is -2.40. The van der Waals surface area contributed by atoms with E-state index in [-0.39, 0.29) is 16.9 Å². The number of primary amides is 1. The van der Waals surface area contributed by atoms with E-state index < -0.39 is 33.8 Å². The monoisotopic (exact) mass is 522 g/mol. The first-order chi connectivity index (χ1) is 17.7. The largest absolute Gasteiger partial charge is 0.369 e. The molecule has 0 spiro atoms. The van der Waals surface area contributed by atoms with Crippen LogP contribution >= 0.6 is 0 Å². The highest BCUT2D eigenvalue weighted by Gasteiger charge is 2.47. The van der Waals surface area contributed by atoms with Crippen molar-refractivity contribution in [2.75, 3.05) is 0 Å². The molecule has 0 aromatic heterocycles. The molecule has 0 bridgehead atoms. The summed E-state index contributed by atoms with van der Waals surface area (Å²) in [6.07, 6.45) is 7.34. The normalized spacial score (nSPS) is 23.2. The van der Waals surface area contributed by atoms with E-state index >= 15 is 0 Å². The topological polar surface area (TPSA) is 122 Å². The highest BCUT2D eigenvalue weighted by Crippen LogP contribution is 2.42. The van der Waals surface area contributed by atoms with Gasteiger partial charge >= 0.3 is 0 Å². The van der Waals surface area contributed by atoms with Gasteiger partial charge in [-0.25, -0.2) is 8.42 Å². The molecule has 5 rings (SSSR count). The zero-order valence-corrected chi connectivity index (χ0v) is 22.0. The van der Waals surface area contributed by atoms with Gasteiger partial charge in [0.1, 0.15) is 6.04 Å². The number of nitrogens with two attached hydrogens (primary N) is 1. The van der Waals surface area contributed by atoms with Crippen molar-refractivity contribution in [1.29, 1.82) is 0 Å². The van der Waals surface area contributed by atoms with Gasteiger partial charge in [-0.2, -0.15) is 0 Å². The second kappa shape index (κ2) is 9.95. The van der Waals surface area contributed by atoms with Gasteiger partial charge in [-0.05, 0) is 80.7 Å². The molecule has 4 atom stereocenters. The number of aryl methyl sites for hydroxylation is 2. The average Bonchev–Trinajstić information content (AvgIpc) is 3.69. The number of amides is 2. The van der Waals surface area contributed by atoms with E-state index in [4.69, 9.17) is 5.73 Å². The Morgan fingerprint density at radius 1 is 1.14 bits per heavy atom. The maximum absolute atomic E-state index is 13.7. The van der Waals surface area contributed by atoms with Crippen LogP contribution in [0.15, 0.2) is 59.8 Å². The van der Waals surface area contributed by atoms with Gasteiger partial charge in [0.15, 0.2) is 0 Å². The van der Waals surface area contributed by atoms with Crippen LogP contribution in [0.2, 0.25) is 0 Å². The van der Waals surface area contributed by atoms with Crippen LogP contribution in [0.4, 0.5) is 0 Å². The van der Waals surface area contributed by atoms with Crippen LogP contribution in [0, 0.1) is 12.8 Å². The summed E-state index contributed by atoms with van der Waals surface area (Å²) in [6, 6.07) is 12.2. The van der Waals surface area contributed by atoms with Crippen molar-refractivity contribution in [2.24, 2.45) is 11.7 Å². The minimum atomic E-state index is -4.11. The number of nitrogens with one attached hydrogen (secondary N) is 2. The Kier molecular flexibility index (Phi) is 6.85. The molecule has 3 aliphatic rings. The van der Waals surface area contributed by atoms with E-state index in [1.54, 1.807) is 12.1 Å². The fraction of sp³-hybridized carbons (Fsp3) is 0.429. The summed E-state index contributed by atoms with van der Waals surface area (Å²) in [6.45, 7) is 4.02. The van der Waals surface area contributed by atoms with Crippen molar-refractivity contribution in [2.45, 2.75) is 74.9 Å². The lowest BCUT2D eigenvalue weighted by molar-refractivity contribution is -0.133. The second-order valence-electron chi connectivity index (χ2n) is 10.5. The Hall–Kier alpha value is -3.17. The summed E-state index contributed by atoms with van der Waals surface area (Å²) in [5.74, 6) is -2.66. The Morgan fingerprint density at radius 2 is 1.86 bits per heavy atom. The summed E-state index contributed by atoms with van der Waals surface area (Å²) in [5, 5.41) is 6.22. The van der Waals surface area contributed by atoms with Gasteiger partial charge in [-0.15, -0.1) is 0 Å². The number of hydrogen-bond donors (Lipinski definition) is 3. The van der Waals surface area contributed by atoms with Gasteiger partial charge in [0.2, 0.25) is 11.8 Å². The van der Waals surface area contributed by atoms with E-state index in [0.29, 0.717) is 12.5 Å². The molecular formula is C28H34N4O4S. The fourth-order valence-corrected chi connectivity index (χ4v) is 7.13. The molecule has 1 aliphatic heterocycles. The standard InChI is InChI=1S/C28H34N4O4S/c1-17-6-11-22(12-7-17)37(35,36)32-15-14-30-28(34)26(32)25(27(29)33)24-5-3-4-20-16-19(8-13-23(20)24)18(2)31-21-9-10-21/h6-8,11-16,18,21,24-26,31H,3-5,9-10H2,1-2H3,(H2,29,33)(H,30,34)/t18?,24-,25?,26+/m0/s1. The van der Waals surface area contributed by atoms with Gasteiger partial charge in [0.25, 0.3) is 10.0 Å². The van der Waals surface area contributed by atoms with Crippen LogP contribution in [-0.2, 0) is 26.0 Å². The second-order valence-corrected chi connectivity index (χ2v) is 12.3. The SMILES string of the molecule is Cc1ccc(S(=O)(=O)N2C=CNC(=O)[C@H]2C(C(N)=O)[C@H]2CCCc3cc(C(C)NC4CC4)ccc32)cc1. The van der Waals surface area contributed by atoms with Crippen LogP contribution in [0.25, 0.3) is 0 Å². The zero-order chi connectivity index (χ0) is 26.3. The quantitative estimate of drug-likeness (QED) is 0.492. The molecular weight excluding hydrogens is 488 g/mol. The summed E-state index contributed by atoms with van der Waals surface area (Å²) in [4.78, 5) is 26.3. The molecule has 2 unspecified atom stereocenters. The molecule has 2 aromatic carbocycles. The van der Waals surface area contributed by atoms with Crippen LogP contribution in [0.5, 0.6) is 0 Å². The smallest absolute Gasteiger partial charge is 0.264 e. The lowest BCUT2D eigenvalue weighted by Crippen LogP contribution is -2.57. The molecule has 37 heavy (non-hydrogen) atoms. The average molecular weight is 523 g/mol. The minimum absolute atomic E-state index is 0.0523. The Balaban J connectivity index is 1.51. The maximum Gasteiger partial charge on any atom is 0.264 e. The fourth-order valence-electron chi connectivity index (χ4n) is 5.66. The van der Waals surface area contributed by atoms with Gasteiger partial charge in [-0.1, -0.05) is 35.9 Å². The van der Waals surface area contributed by atoms with E-state index in [1.807, 2.05) is 13.0 Å². The summed E-state index contributed by atoms with van der Waals surface area (Å²) in [7, 11) is -4.11. The highest BCUT2D eigenvalue weighted by molar-refractivity contribution is 7.89. The molecule has 0 radical (unpaired) electrons. The maximum atomic E-state index is 13.7. The molecule has 1 fully saturated rings. The van der Waals surface area contributed by atoms with Crippen LogP contribution in [0.1, 0.15) is 66.8 Å². The van der Waals surface area contributed by atoms with Crippen LogP contribution < -0.4 is 16.4 Å². The molecule has 196 valence electrons. The summed E-state index contributed by atoms with van der Waals surface area (Å²) < 4.78 is 28.3. The van der Waals surface area contributed by atoms with Gasteiger partial charge < -0.3 is 16.4 Å². The lowest BCUT2D eigenvalue weighted by atomic mass is 9.72. The molecule has 2 aromatic rings. The number of rotatable bonds is 8. The summed E-state index contributed by atoms with van der Waals surface area (Å²) in [5.41, 5.74) is 10.1. The first-order valence-electron chi connectivity index (χ1n) is 12.9. The number of carbonyl (C=O) groups excluding carboxylic acids is 2. The van der Waals surface area contributed by atoms with E-state index in [0.717, 1.165) is 33.8 Å². The molecule has 9 heteroatoms. The van der Waals surface area contributed by atoms with Crippen molar-refractivity contribution in [3.63, 3.8) is 0 Å². The number of hydrogen-bond acceptors (Lipinski definition) is 5. The Morgan fingerprint density at radius 3 is 2.54 bits per heavy atom. The van der Waals surface area contributed by atoms with Crippen LogP contribution in [-0.4, -0.2) is 36.6 Å². The number of benzene rings is 2. The molecule has 1 heterocycles. The van der Waals surface area contributed by atoms with Gasteiger partial charge in [-0.3, -0.25) is 13.9 Å². The molecule has 2 aliphatic carbocycles. The zero-order valence-electron chi connectivity index (χ0n) is 21.2. The predicted octanol–water partition coefficient (Wildman–Crippen LogP) is 2.99. The molecule has 4 N–H and O–H groups in total. The number of fused-ring (bicyclic) bond motifs is 1. The predicted molar refractivity (Wildman–Crippen MR) is 141 cm³/mol. The Labute approximate surface area is 218 Å². The first kappa shape index (κ1) is 25.5. The van der Waals surface area contributed by atoms with Crippen LogP contribution in [0.3, 0.4) is 0 Å². The van der Waals surface area contributed by atoms with E-state index in [1.165, 1.54) is 42.9 Å². The highest BCUT2D eigenvalue weighted by atomic mass is 32.2. The van der Waals surface area contributed by atoms with Gasteiger partial charge in [0, 0.05) is 24.5 Å². The van der Waals surface area contributed by atoms with Crippen molar-refractivity contribution in [3.8, 4) is 0 Å². The number of carbonyl (C=O) groups is 2. The van der Waals surface area contributed by atoms with Crippen molar-refractivity contribution in [1.82, 2.24) is 14.9 Å². The van der Waals surface area contributed by atoms with E-state index in [9.17, 15) is 18.0 Å². The number of nitrogens with zero attached hydrogens (tertiary/aromatic N) is 1.